The molecule has 0 amide bonds. The molecule has 1 aliphatic carbocycles. The Bertz CT molecular complexity index is 445. The molecule has 18 heavy (non-hydrogen) atoms. The van der Waals surface area contributed by atoms with Crippen LogP contribution in [-0.2, 0) is 9.53 Å². The lowest BCUT2D eigenvalue weighted by molar-refractivity contribution is -0.137. The van der Waals surface area contributed by atoms with E-state index in [1.807, 2.05) is 30.4 Å². The maximum absolute atomic E-state index is 11.5. The molecule has 0 fully saturated rings. The molecule has 1 aliphatic rings. The zero-order valence-corrected chi connectivity index (χ0v) is 10.3. The Kier molecular flexibility index (Phi) is 5.44. The summed E-state index contributed by atoms with van der Waals surface area (Å²) in [6.07, 6.45) is 11.8. The number of nitrogens with two attached hydrogens (primary N) is 1. The molecule has 4 N–H and O–H groups in total. The van der Waals surface area contributed by atoms with Crippen molar-refractivity contribution in [1.29, 1.82) is 5.41 Å². The van der Waals surface area contributed by atoms with Crippen LogP contribution in [0, 0.1) is 5.41 Å². The summed E-state index contributed by atoms with van der Waals surface area (Å²) in [6.45, 7) is 1.95. The highest BCUT2D eigenvalue weighted by molar-refractivity contribution is 6.16. The SMILES string of the molecule is CCOC(=O)/C(=C/NC1=CCC=CC=C1)C(=N)N. The predicted octanol–water partition coefficient (Wildman–Crippen LogP) is 1.36. The van der Waals surface area contributed by atoms with E-state index in [4.69, 9.17) is 15.9 Å². The van der Waals surface area contributed by atoms with Crippen molar-refractivity contribution in [2.24, 2.45) is 5.73 Å². The van der Waals surface area contributed by atoms with Gasteiger partial charge in [0, 0.05) is 11.9 Å². The molecule has 0 aromatic carbocycles. The second kappa shape index (κ2) is 7.11. The van der Waals surface area contributed by atoms with Crippen LogP contribution in [0.4, 0.5) is 0 Å². The molecule has 0 unspecified atom stereocenters. The van der Waals surface area contributed by atoms with Gasteiger partial charge in [-0.15, -0.1) is 0 Å². The van der Waals surface area contributed by atoms with E-state index >= 15 is 0 Å². The Balaban J connectivity index is 2.75. The molecule has 0 bridgehead atoms. The van der Waals surface area contributed by atoms with Crippen molar-refractivity contribution in [2.75, 3.05) is 6.61 Å². The molecule has 96 valence electrons. The molecule has 0 saturated heterocycles. The monoisotopic (exact) mass is 247 g/mol. The van der Waals surface area contributed by atoms with Gasteiger partial charge in [-0.05, 0) is 19.4 Å². The third-order valence-corrected chi connectivity index (χ3v) is 2.17. The van der Waals surface area contributed by atoms with E-state index in [0.717, 1.165) is 12.1 Å². The molecule has 0 atom stereocenters. The van der Waals surface area contributed by atoms with Crippen LogP contribution in [0.2, 0.25) is 0 Å². The van der Waals surface area contributed by atoms with Crippen molar-refractivity contribution >= 4 is 11.8 Å². The second-order valence-electron chi connectivity index (χ2n) is 3.52. The van der Waals surface area contributed by atoms with Gasteiger partial charge < -0.3 is 15.8 Å². The van der Waals surface area contributed by atoms with E-state index in [1.54, 1.807) is 6.92 Å². The number of hydrogen-bond donors (Lipinski definition) is 3. The average molecular weight is 247 g/mol. The lowest BCUT2D eigenvalue weighted by Gasteiger charge is -2.07. The Hall–Kier alpha value is -2.30. The Morgan fingerprint density at radius 3 is 3.06 bits per heavy atom. The maximum atomic E-state index is 11.5. The van der Waals surface area contributed by atoms with Crippen molar-refractivity contribution in [3.05, 3.63) is 47.9 Å². The number of nitrogens with one attached hydrogen (secondary N) is 2. The van der Waals surface area contributed by atoms with Crippen molar-refractivity contribution in [3.63, 3.8) is 0 Å². The van der Waals surface area contributed by atoms with E-state index in [0.29, 0.717) is 0 Å². The fraction of sp³-hybridized carbons (Fsp3) is 0.231. The number of carbonyl (C=O) groups excluding carboxylic acids is 1. The number of allylic oxidation sites excluding steroid dienone is 5. The van der Waals surface area contributed by atoms with Gasteiger partial charge in [0.1, 0.15) is 11.4 Å². The lowest BCUT2D eigenvalue weighted by atomic mass is 10.2. The first-order chi connectivity index (χ1) is 8.65. The van der Waals surface area contributed by atoms with Gasteiger partial charge in [-0.2, -0.15) is 0 Å². The molecule has 0 spiro atoms. The van der Waals surface area contributed by atoms with Gasteiger partial charge in [0.25, 0.3) is 0 Å². The fourth-order valence-corrected chi connectivity index (χ4v) is 1.30. The molecule has 0 aromatic heterocycles. The summed E-state index contributed by atoms with van der Waals surface area (Å²) in [6, 6.07) is 0. The Labute approximate surface area is 106 Å². The van der Waals surface area contributed by atoms with E-state index in [9.17, 15) is 4.79 Å². The van der Waals surface area contributed by atoms with Crippen LogP contribution in [0.25, 0.3) is 0 Å². The summed E-state index contributed by atoms with van der Waals surface area (Å²) >= 11 is 0. The quantitative estimate of drug-likeness (QED) is 0.296. The third kappa shape index (κ3) is 4.29. The second-order valence-corrected chi connectivity index (χ2v) is 3.52. The van der Waals surface area contributed by atoms with Crippen molar-refractivity contribution in [1.82, 2.24) is 5.32 Å². The van der Waals surface area contributed by atoms with Gasteiger partial charge in [0.15, 0.2) is 0 Å². The molecule has 1 rings (SSSR count). The minimum Gasteiger partial charge on any atom is -0.462 e. The highest BCUT2D eigenvalue weighted by Gasteiger charge is 2.13. The van der Waals surface area contributed by atoms with Crippen LogP contribution in [-0.4, -0.2) is 18.4 Å². The number of amidine groups is 1. The Morgan fingerprint density at radius 1 is 1.61 bits per heavy atom. The molecule has 0 aliphatic heterocycles. The van der Waals surface area contributed by atoms with Crippen molar-refractivity contribution < 1.29 is 9.53 Å². The standard InChI is InChI=1S/C13H17N3O2/c1-2-18-13(17)11(12(14)15)9-16-10-7-5-3-4-6-8-10/h3-5,7-9,16H,2,6H2,1H3,(H3,14,15)/b11-9+. The molecular weight excluding hydrogens is 230 g/mol. The first-order valence-electron chi connectivity index (χ1n) is 5.66. The number of ether oxygens (including phenoxy) is 1. The summed E-state index contributed by atoms with van der Waals surface area (Å²) in [5, 5.41) is 10.3. The van der Waals surface area contributed by atoms with Gasteiger partial charge >= 0.3 is 5.97 Å². The van der Waals surface area contributed by atoms with E-state index in [2.05, 4.69) is 5.32 Å². The van der Waals surface area contributed by atoms with Crippen LogP contribution >= 0.6 is 0 Å². The summed E-state index contributed by atoms with van der Waals surface area (Å²) in [5.41, 5.74) is 6.19. The predicted molar refractivity (Wildman–Crippen MR) is 70.7 cm³/mol. The molecule has 0 radical (unpaired) electrons. The Morgan fingerprint density at radius 2 is 2.39 bits per heavy atom. The molecular formula is C13H17N3O2. The maximum Gasteiger partial charge on any atom is 0.343 e. The fourth-order valence-electron chi connectivity index (χ4n) is 1.30. The van der Waals surface area contributed by atoms with Gasteiger partial charge in [-0.25, -0.2) is 4.79 Å². The number of rotatable bonds is 5. The zero-order valence-electron chi connectivity index (χ0n) is 10.3. The topological polar surface area (TPSA) is 88.2 Å². The highest BCUT2D eigenvalue weighted by atomic mass is 16.5. The normalized spacial score (nSPS) is 14.7. The van der Waals surface area contributed by atoms with Gasteiger partial charge in [-0.3, -0.25) is 5.41 Å². The minimum absolute atomic E-state index is 0.0170. The van der Waals surface area contributed by atoms with E-state index in [-0.39, 0.29) is 18.0 Å². The zero-order chi connectivity index (χ0) is 13.4. The third-order valence-electron chi connectivity index (χ3n) is 2.17. The largest absolute Gasteiger partial charge is 0.462 e. The first kappa shape index (κ1) is 13.8. The van der Waals surface area contributed by atoms with Gasteiger partial charge in [0.05, 0.1) is 6.61 Å². The summed E-state index contributed by atoms with van der Waals surface area (Å²) in [5.74, 6) is -0.925. The van der Waals surface area contributed by atoms with Crippen molar-refractivity contribution in [2.45, 2.75) is 13.3 Å². The summed E-state index contributed by atoms with van der Waals surface area (Å²) in [4.78, 5) is 11.5. The molecule has 5 heteroatoms. The highest BCUT2D eigenvalue weighted by Crippen LogP contribution is 2.03. The average Bonchev–Trinajstić information content (AvgIpc) is 2.57. The number of esters is 1. The molecule has 0 aromatic rings. The molecule has 5 nitrogen and oxygen atoms in total. The minimum atomic E-state index is -0.603. The van der Waals surface area contributed by atoms with Gasteiger partial charge in [0.2, 0.25) is 0 Å². The van der Waals surface area contributed by atoms with Crippen LogP contribution in [0.15, 0.2) is 47.9 Å². The number of hydrogen-bond acceptors (Lipinski definition) is 4. The summed E-state index contributed by atoms with van der Waals surface area (Å²) < 4.78 is 4.81. The van der Waals surface area contributed by atoms with Crippen molar-refractivity contribution in [3.8, 4) is 0 Å². The smallest absolute Gasteiger partial charge is 0.343 e. The molecule has 0 saturated carbocycles. The lowest BCUT2D eigenvalue weighted by Crippen LogP contribution is -2.24. The van der Waals surface area contributed by atoms with Crippen LogP contribution in [0.3, 0.4) is 0 Å². The van der Waals surface area contributed by atoms with E-state index in [1.165, 1.54) is 6.20 Å². The van der Waals surface area contributed by atoms with Crippen LogP contribution in [0.1, 0.15) is 13.3 Å². The first-order valence-corrected chi connectivity index (χ1v) is 5.66. The van der Waals surface area contributed by atoms with Crippen LogP contribution < -0.4 is 11.1 Å². The molecule has 0 heterocycles. The van der Waals surface area contributed by atoms with Gasteiger partial charge in [-0.1, -0.05) is 24.3 Å². The van der Waals surface area contributed by atoms with E-state index < -0.39 is 5.97 Å². The number of carbonyl (C=O) groups is 1. The summed E-state index contributed by atoms with van der Waals surface area (Å²) in [7, 11) is 0. The van der Waals surface area contributed by atoms with Crippen LogP contribution in [0.5, 0.6) is 0 Å².